The number of amides is 1. The Morgan fingerprint density at radius 1 is 0.444 bits per heavy atom. The molecule has 1 amide bonds. The summed E-state index contributed by atoms with van der Waals surface area (Å²) in [5.74, 6) is -0.149. The third-order valence-corrected chi connectivity index (χ3v) is 11.6. The van der Waals surface area contributed by atoms with Crippen LogP contribution in [0.4, 0.5) is 0 Å². The fraction of sp³-hybridized carbons (Fsp3) is 0.939. The maximum atomic E-state index is 12.4. The van der Waals surface area contributed by atoms with E-state index in [4.69, 9.17) is 0 Å². The monoisotopic (exact) mass is 764 g/mol. The van der Waals surface area contributed by atoms with Crippen LogP contribution >= 0.6 is 0 Å². The molecule has 3 unspecified atom stereocenters. The van der Waals surface area contributed by atoms with E-state index < -0.39 is 18.2 Å². The highest BCUT2D eigenvalue weighted by Gasteiger charge is 2.26. The number of aliphatic hydroxyl groups is 3. The molecule has 54 heavy (non-hydrogen) atoms. The van der Waals surface area contributed by atoms with Crippen molar-refractivity contribution in [3.8, 4) is 0 Å². The summed E-state index contributed by atoms with van der Waals surface area (Å²) in [5.41, 5.74) is 0. The average molecular weight is 764 g/mol. The lowest BCUT2D eigenvalue weighted by molar-refractivity contribution is -0.124. The quantitative estimate of drug-likeness (QED) is 0.0367. The standard InChI is InChI=1S/C49H97NO4/c1-3-5-7-9-11-13-15-17-18-19-20-21-22-23-24-25-26-27-28-29-30-32-34-36-38-40-42-44-48(53)50-46(45-51)49(54)47(52)43-41-39-37-35-33-31-16-14-12-10-8-6-4-2/h35,37,46-47,49,51-52,54H,3-34,36,38-45H2,1-2H3,(H,50,53)/b37-35+. The summed E-state index contributed by atoms with van der Waals surface area (Å²) in [6, 6.07) is -0.820. The van der Waals surface area contributed by atoms with Gasteiger partial charge in [-0.05, 0) is 38.5 Å². The Labute approximate surface area is 338 Å². The van der Waals surface area contributed by atoms with Gasteiger partial charge >= 0.3 is 0 Å². The molecule has 322 valence electrons. The highest BCUT2D eigenvalue weighted by molar-refractivity contribution is 5.76. The van der Waals surface area contributed by atoms with Gasteiger partial charge in [-0.2, -0.15) is 0 Å². The zero-order valence-corrected chi connectivity index (χ0v) is 36.6. The average Bonchev–Trinajstić information content (AvgIpc) is 3.18. The first-order valence-corrected chi connectivity index (χ1v) is 24.5. The lowest BCUT2D eigenvalue weighted by Crippen LogP contribution is -2.50. The number of hydrogen-bond acceptors (Lipinski definition) is 4. The highest BCUT2D eigenvalue weighted by atomic mass is 16.3. The van der Waals surface area contributed by atoms with Crippen molar-refractivity contribution in [1.29, 1.82) is 0 Å². The van der Waals surface area contributed by atoms with Gasteiger partial charge in [0.25, 0.3) is 0 Å². The third-order valence-electron chi connectivity index (χ3n) is 11.6. The molecule has 4 N–H and O–H groups in total. The van der Waals surface area contributed by atoms with Crippen LogP contribution < -0.4 is 5.32 Å². The molecule has 0 saturated heterocycles. The maximum absolute atomic E-state index is 12.4. The first kappa shape index (κ1) is 53.1. The van der Waals surface area contributed by atoms with Gasteiger partial charge in [-0.1, -0.05) is 238 Å². The van der Waals surface area contributed by atoms with Gasteiger partial charge in [-0.25, -0.2) is 0 Å². The molecule has 0 spiro atoms. The van der Waals surface area contributed by atoms with Crippen LogP contribution in [0.5, 0.6) is 0 Å². The molecule has 5 nitrogen and oxygen atoms in total. The van der Waals surface area contributed by atoms with E-state index in [2.05, 4.69) is 31.3 Å². The number of carbonyl (C=O) groups is 1. The number of aliphatic hydroxyl groups excluding tert-OH is 3. The van der Waals surface area contributed by atoms with E-state index in [1.54, 1.807) is 0 Å². The largest absolute Gasteiger partial charge is 0.394 e. The van der Waals surface area contributed by atoms with Crippen LogP contribution in [0.2, 0.25) is 0 Å². The fourth-order valence-electron chi connectivity index (χ4n) is 7.81. The van der Waals surface area contributed by atoms with Crippen LogP contribution in [0.25, 0.3) is 0 Å². The Hall–Kier alpha value is -0.910. The van der Waals surface area contributed by atoms with E-state index in [-0.39, 0.29) is 12.5 Å². The van der Waals surface area contributed by atoms with E-state index in [0.29, 0.717) is 12.8 Å². The molecular formula is C49H97NO4. The van der Waals surface area contributed by atoms with Crippen LogP contribution in [-0.2, 0) is 4.79 Å². The Morgan fingerprint density at radius 3 is 1.07 bits per heavy atom. The number of carbonyl (C=O) groups excluding carboxylic acids is 1. The molecule has 0 fully saturated rings. The van der Waals surface area contributed by atoms with Gasteiger partial charge in [0.2, 0.25) is 5.91 Å². The topological polar surface area (TPSA) is 89.8 Å². The molecule has 0 rings (SSSR count). The smallest absolute Gasteiger partial charge is 0.220 e. The zero-order valence-electron chi connectivity index (χ0n) is 36.6. The van der Waals surface area contributed by atoms with Gasteiger partial charge in [0.05, 0.1) is 18.8 Å². The van der Waals surface area contributed by atoms with Crippen LogP contribution in [0.3, 0.4) is 0 Å². The second kappa shape index (κ2) is 44.8. The van der Waals surface area contributed by atoms with Crippen molar-refractivity contribution in [2.24, 2.45) is 0 Å². The lowest BCUT2D eigenvalue weighted by atomic mass is 10.0. The van der Waals surface area contributed by atoms with Crippen molar-refractivity contribution < 1.29 is 20.1 Å². The number of allylic oxidation sites excluding steroid dienone is 2. The summed E-state index contributed by atoms with van der Waals surface area (Å²) in [6.45, 7) is 4.18. The molecule has 3 atom stereocenters. The molecule has 0 aromatic carbocycles. The third kappa shape index (κ3) is 39.3. The number of rotatable bonds is 45. The Balaban J connectivity index is 3.51. The van der Waals surface area contributed by atoms with E-state index in [1.165, 1.54) is 205 Å². The summed E-state index contributed by atoms with van der Waals surface area (Å²) >= 11 is 0. The van der Waals surface area contributed by atoms with E-state index in [1.807, 2.05) is 0 Å². The highest BCUT2D eigenvalue weighted by Crippen LogP contribution is 2.17. The van der Waals surface area contributed by atoms with Gasteiger partial charge in [-0.15, -0.1) is 0 Å². The summed E-state index contributed by atoms with van der Waals surface area (Å²) in [7, 11) is 0. The number of unbranched alkanes of at least 4 members (excludes halogenated alkanes) is 35. The van der Waals surface area contributed by atoms with Gasteiger partial charge in [0, 0.05) is 6.42 Å². The van der Waals surface area contributed by atoms with E-state index in [0.717, 1.165) is 38.5 Å². The molecule has 0 aromatic rings. The SMILES string of the molecule is CCCCCCCCCC/C=C/CCCC(O)C(O)C(CO)NC(=O)CCCCCCCCCCCCCCCCCCCCCCCCCCCCC. The van der Waals surface area contributed by atoms with Gasteiger partial charge in [0.1, 0.15) is 6.10 Å². The zero-order chi connectivity index (χ0) is 39.4. The summed E-state index contributed by atoms with van der Waals surface area (Å²) in [4.78, 5) is 12.4. The lowest BCUT2D eigenvalue weighted by Gasteiger charge is -2.26. The Bertz CT molecular complexity index is 758. The van der Waals surface area contributed by atoms with Crippen molar-refractivity contribution >= 4 is 5.91 Å². The van der Waals surface area contributed by atoms with Crippen LogP contribution in [0, 0.1) is 0 Å². The predicted molar refractivity (Wildman–Crippen MR) is 236 cm³/mol. The van der Waals surface area contributed by atoms with E-state index in [9.17, 15) is 20.1 Å². The number of nitrogens with one attached hydrogen (secondary N) is 1. The summed E-state index contributed by atoms with van der Waals surface area (Å²) < 4.78 is 0. The van der Waals surface area contributed by atoms with Gasteiger partial charge in [-0.3, -0.25) is 4.79 Å². The molecule has 0 saturated carbocycles. The fourth-order valence-corrected chi connectivity index (χ4v) is 7.81. The maximum Gasteiger partial charge on any atom is 0.220 e. The van der Waals surface area contributed by atoms with Crippen molar-refractivity contribution in [2.75, 3.05) is 6.61 Å². The van der Waals surface area contributed by atoms with Crippen molar-refractivity contribution in [2.45, 2.75) is 289 Å². The molecule has 0 aromatic heterocycles. The normalized spacial score (nSPS) is 13.5. The van der Waals surface area contributed by atoms with Crippen LogP contribution in [-0.4, -0.2) is 46.1 Å². The molecule has 0 heterocycles. The van der Waals surface area contributed by atoms with Gasteiger partial charge < -0.3 is 20.6 Å². The van der Waals surface area contributed by atoms with Crippen LogP contribution in [0.15, 0.2) is 12.2 Å². The molecule has 0 radical (unpaired) electrons. The Morgan fingerprint density at radius 2 is 0.741 bits per heavy atom. The molecule has 0 aliphatic heterocycles. The molecule has 0 bridgehead atoms. The second-order valence-electron chi connectivity index (χ2n) is 17.0. The minimum atomic E-state index is -1.15. The van der Waals surface area contributed by atoms with Crippen molar-refractivity contribution in [1.82, 2.24) is 5.32 Å². The molecular weight excluding hydrogens is 667 g/mol. The molecule has 0 aliphatic carbocycles. The second-order valence-corrected chi connectivity index (χ2v) is 17.0. The molecule has 0 aliphatic rings. The van der Waals surface area contributed by atoms with Crippen molar-refractivity contribution in [3.63, 3.8) is 0 Å². The molecule has 5 heteroatoms. The number of hydrogen-bond donors (Lipinski definition) is 4. The van der Waals surface area contributed by atoms with Crippen molar-refractivity contribution in [3.05, 3.63) is 12.2 Å². The summed E-state index contributed by atoms with van der Waals surface area (Å²) in [6.07, 6.45) is 53.5. The van der Waals surface area contributed by atoms with Gasteiger partial charge in [0.15, 0.2) is 0 Å². The first-order valence-electron chi connectivity index (χ1n) is 24.5. The van der Waals surface area contributed by atoms with E-state index >= 15 is 0 Å². The Kier molecular flexibility index (Phi) is 44.0. The minimum absolute atomic E-state index is 0.149. The summed E-state index contributed by atoms with van der Waals surface area (Å²) in [5, 5.41) is 33.5. The predicted octanol–water partition coefficient (Wildman–Crippen LogP) is 14.4. The minimum Gasteiger partial charge on any atom is -0.394 e. The first-order chi connectivity index (χ1) is 26.6. The van der Waals surface area contributed by atoms with Crippen LogP contribution in [0.1, 0.15) is 271 Å².